The molecule has 0 saturated carbocycles. The van der Waals surface area contributed by atoms with E-state index in [0.717, 1.165) is 18.4 Å². The molecular weight excluding hydrogens is 248 g/mol. The summed E-state index contributed by atoms with van der Waals surface area (Å²) in [5.74, 6) is 0. The van der Waals surface area contributed by atoms with Crippen LogP contribution in [0.4, 0.5) is 0 Å². The van der Waals surface area contributed by atoms with Crippen molar-refractivity contribution in [3.8, 4) is 0 Å². The van der Waals surface area contributed by atoms with Gasteiger partial charge in [-0.15, -0.1) is 0 Å². The van der Waals surface area contributed by atoms with Crippen molar-refractivity contribution >= 4 is 8.80 Å². The second kappa shape index (κ2) is 9.69. The Morgan fingerprint density at radius 1 is 1.11 bits per heavy atom. The van der Waals surface area contributed by atoms with Crippen LogP contribution in [-0.4, -0.2) is 42.5 Å². The molecule has 0 rings (SSSR count). The van der Waals surface area contributed by atoms with Crippen LogP contribution in [0.25, 0.3) is 0 Å². The molecule has 0 aromatic carbocycles. The number of hydrogen-bond donors (Lipinski definition) is 0. The Balaban J connectivity index is 4.63. The van der Waals surface area contributed by atoms with Gasteiger partial charge in [0, 0.05) is 21.3 Å². The molecule has 1 atom stereocenters. The number of hydrogen-bond acceptors (Lipinski definition) is 4. The van der Waals surface area contributed by atoms with Gasteiger partial charge in [0.15, 0.2) is 0 Å². The van der Waals surface area contributed by atoms with Gasteiger partial charge >= 0.3 is 8.80 Å². The van der Waals surface area contributed by atoms with Gasteiger partial charge in [-0.2, -0.15) is 0 Å². The lowest BCUT2D eigenvalue weighted by molar-refractivity contribution is 0.0168. The Morgan fingerprint density at radius 2 is 1.67 bits per heavy atom. The topological polar surface area (TPSA) is 36.9 Å². The average molecular weight is 276 g/mol. The highest BCUT2D eigenvalue weighted by Crippen LogP contribution is 2.21. The maximum atomic E-state index is 5.88. The minimum absolute atomic E-state index is 0.124. The summed E-state index contributed by atoms with van der Waals surface area (Å²) in [6.07, 6.45) is 4.33. The Morgan fingerprint density at radius 3 is 2.06 bits per heavy atom. The van der Waals surface area contributed by atoms with Crippen LogP contribution in [0.2, 0.25) is 0 Å². The highest BCUT2D eigenvalue weighted by molar-refractivity contribution is 6.62. The third-order valence-corrected chi connectivity index (χ3v) is 5.80. The molecule has 4 nitrogen and oxygen atoms in total. The van der Waals surface area contributed by atoms with Crippen LogP contribution in [0, 0.1) is 0 Å². The fourth-order valence-electron chi connectivity index (χ4n) is 1.83. The van der Waals surface area contributed by atoms with Crippen LogP contribution in [0.5, 0.6) is 0 Å². The van der Waals surface area contributed by atoms with Crippen molar-refractivity contribution in [1.82, 2.24) is 0 Å². The van der Waals surface area contributed by atoms with Crippen molar-refractivity contribution in [2.75, 3.05) is 27.9 Å². The smallest absolute Gasteiger partial charge is 0.375 e. The monoisotopic (exact) mass is 276 g/mol. The van der Waals surface area contributed by atoms with Crippen molar-refractivity contribution in [3.63, 3.8) is 0 Å². The van der Waals surface area contributed by atoms with Crippen LogP contribution in [0.3, 0.4) is 0 Å². The van der Waals surface area contributed by atoms with Gasteiger partial charge in [0.2, 0.25) is 0 Å². The van der Waals surface area contributed by atoms with Gasteiger partial charge in [-0.05, 0) is 13.3 Å². The second-order valence-electron chi connectivity index (χ2n) is 4.47. The summed E-state index contributed by atoms with van der Waals surface area (Å²) in [4.78, 5) is 0. The molecule has 0 saturated heterocycles. The van der Waals surface area contributed by atoms with Gasteiger partial charge in [0.1, 0.15) is 5.73 Å². The third-order valence-electron chi connectivity index (χ3n) is 2.85. The van der Waals surface area contributed by atoms with E-state index in [-0.39, 0.29) is 5.73 Å². The predicted molar refractivity (Wildman–Crippen MR) is 75.5 cm³/mol. The molecule has 108 valence electrons. The summed E-state index contributed by atoms with van der Waals surface area (Å²) >= 11 is 0. The van der Waals surface area contributed by atoms with E-state index in [1.165, 1.54) is 12.8 Å². The van der Waals surface area contributed by atoms with Crippen molar-refractivity contribution in [2.24, 2.45) is 0 Å². The molecule has 0 aliphatic rings. The van der Waals surface area contributed by atoms with Crippen LogP contribution in [0.1, 0.15) is 39.5 Å². The molecule has 0 heterocycles. The highest BCUT2D eigenvalue weighted by atomic mass is 28.4. The zero-order chi connectivity index (χ0) is 14.0. The normalized spacial score (nSPS) is 13.6. The fourth-order valence-corrected chi connectivity index (χ4v) is 3.96. The van der Waals surface area contributed by atoms with Gasteiger partial charge < -0.3 is 18.0 Å². The van der Waals surface area contributed by atoms with E-state index in [0.29, 0.717) is 6.61 Å². The molecular formula is C13H28O4Si. The minimum Gasteiger partial charge on any atom is -0.375 e. The molecule has 1 unspecified atom stereocenters. The summed E-state index contributed by atoms with van der Waals surface area (Å²) in [5, 5.41) is 0. The van der Waals surface area contributed by atoms with Crippen LogP contribution >= 0.6 is 0 Å². The standard InChI is InChI=1S/C13H28O4Si/c1-7-8-9-10-13(17-11-12(2)3)18(14-4,15-5)16-6/h13H,2,7-11H2,1,3-6H3. The number of rotatable bonds is 11. The Bertz CT molecular complexity index is 221. The first-order valence-corrected chi connectivity index (χ1v) is 8.27. The van der Waals surface area contributed by atoms with Crippen molar-refractivity contribution in [2.45, 2.75) is 45.3 Å². The van der Waals surface area contributed by atoms with Crippen LogP contribution in [-0.2, 0) is 18.0 Å². The van der Waals surface area contributed by atoms with Gasteiger partial charge in [-0.1, -0.05) is 38.3 Å². The Hall–Kier alpha value is -0.203. The first kappa shape index (κ1) is 17.8. The van der Waals surface area contributed by atoms with Gasteiger partial charge in [0.25, 0.3) is 0 Å². The molecule has 0 aromatic heterocycles. The summed E-state index contributed by atoms with van der Waals surface area (Å²) in [6.45, 7) is 8.49. The van der Waals surface area contributed by atoms with Gasteiger partial charge in [-0.3, -0.25) is 0 Å². The predicted octanol–water partition coefficient (Wildman–Crippen LogP) is 2.95. The molecule has 18 heavy (non-hydrogen) atoms. The molecule has 0 aliphatic heterocycles. The second-order valence-corrected chi connectivity index (χ2v) is 7.54. The SMILES string of the molecule is C=C(C)COC(CCCCC)[Si](OC)(OC)OC. The maximum absolute atomic E-state index is 5.88. The van der Waals surface area contributed by atoms with E-state index in [2.05, 4.69) is 13.5 Å². The molecule has 0 spiro atoms. The fraction of sp³-hybridized carbons (Fsp3) is 0.846. The Labute approximate surface area is 113 Å². The van der Waals surface area contributed by atoms with Crippen molar-refractivity contribution in [3.05, 3.63) is 12.2 Å². The lowest BCUT2D eigenvalue weighted by Crippen LogP contribution is -2.55. The van der Waals surface area contributed by atoms with E-state index in [1.54, 1.807) is 21.3 Å². The molecule has 0 N–H and O–H groups in total. The molecule has 0 aliphatic carbocycles. The molecule has 0 fully saturated rings. The van der Waals surface area contributed by atoms with E-state index in [1.807, 2.05) is 6.92 Å². The molecule has 0 amide bonds. The average Bonchev–Trinajstić information content (AvgIpc) is 2.37. The first-order chi connectivity index (χ1) is 8.56. The number of ether oxygens (including phenoxy) is 1. The van der Waals surface area contributed by atoms with E-state index < -0.39 is 8.80 Å². The summed E-state index contributed by atoms with van der Waals surface area (Å²) in [5.41, 5.74) is 0.863. The van der Waals surface area contributed by atoms with E-state index in [4.69, 9.17) is 18.0 Å². The number of unbranched alkanes of at least 4 members (excludes halogenated alkanes) is 2. The Kier molecular flexibility index (Phi) is 9.58. The van der Waals surface area contributed by atoms with E-state index >= 15 is 0 Å². The summed E-state index contributed by atoms with van der Waals surface area (Å²) in [7, 11) is 2.14. The first-order valence-electron chi connectivity index (χ1n) is 6.47. The largest absolute Gasteiger partial charge is 0.530 e. The molecule has 0 aromatic rings. The minimum atomic E-state index is -2.73. The summed E-state index contributed by atoms with van der Waals surface area (Å²) < 4.78 is 22.4. The van der Waals surface area contributed by atoms with Crippen LogP contribution < -0.4 is 0 Å². The molecule has 0 radical (unpaired) electrons. The highest BCUT2D eigenvalue weighted by Gasteiger charge is 2.48. The lowest BCUT2D eigenvalue weighted by atomic mass is 10.2. The van der Waals surface area contributed by atoms with Gasteiger partial charge in [-0.25, -0.2) is 0 Å². The maximum Gasteiger partial charge on any atom is 0.530 e. The van der Waals surface area contributed by atoms with Crippen LogP contribution in [0.15, 0.2) is 12.2 Å². The van der Waals surface area contributed by atoms with Crippen molar-refractivity contribution in [1.29, 1.82) is 0 Å². The quantitative estimate of drug-likeness (QED) is 0.330. The molecule has 0 bridgehead atoms. The molecule has 5 heteroatoms. The zero-order valence-corrected chi connectivity index (χ0v) is 13.5. The van der Waals surface area contributed by atoms with Crippen molar-refractivity contribution < 1.29 is 18.0 Å². The summed E-state index contributed by atoms with van der Waals surface area (Å²) in [6, 6.07) is 0. The van der Waals surface area contributed by atoms with E-state index in [9.17, 15) is 0 Å². The zero-order valence-electron chi connectivity index (χ0n) is 12.5. The lowest BCUT2D eigenvalue weighted by Gasteiger charge is -2.32. The van der Waals surface area contributed by atoms with Gasteiger partial charge in [0.05, 0.1) is 6.61 Å². The third kappa shape index (κ3) is 5.62.